The summed E-state index contributed by atoms with van der Waals surface area (Å²) in [5.41, 5.74) is 1.46. The first-order chi connectivity index (χ1) is 20.7. The van der Waals surface area contributed by atoms with Crippen LogP contribution in [0.3, 0.4) is 0 Å². The fourth-order valence-corrected chi connectivity index (χ4v) is 5.41. The highest BCUT2D eigenvalue weighted by molar-refractivity contribution is 7.14. The summed E-state index contributed by atoms with van der Waals surface area (Å²) in [6.07, 6.45) is 0.269. The molecule has 0 saturated carbocycles. The Labute approximate surface area is 252 Å². The number of nitrogens with one attached hydrogen (secondary N) is 2. The molecule has 0 radical (unpaired) electrons. The SMILES string of the molecule is CCC(=O)c1csc(NC(=O)[C@H]([C@@H](C)c2ccccc2)N2C(=O)NC(c3ccc(OCC(=O)N(CC)OC)cc3)C2=O)n1. The molecule has 1 saturated heterocycles. The minimum Gasteiger partial charge on any atom is -0.484 e. The van der Waals surface area contributed by atoms with E-state index in [2.05, 4.69) is 15.6 Å². The van der Waals surface area contributed by atoms with E-state index in [1.807, 2.05) is 30.3 Å². The van der Waals surface area contributed by atoms with Gasteiger partial charge < -0.3 is 15.4 Å². The minimum absolute atomic E-state index is 0.163. The molecular formula is C30H33N5O7S. The van der Waals surface area contributed by atoms with Gasteiger partial charge in [0.05, 0.1) is 7.11 Å². The zero-order chi connectivity index (χ0) is 31.1. The van der Waals surface area contributed by atoms with Gasteiger partial charge in [-0.1, -0.05) is 56.3 Å². The summed E-state index contributed by atoms with van der Waals surface area (Å²) in [4.78, 5) is 75.0. The van der Waals surface area contributed by atoms with E-state index in [1.165, 1.54) is 7.11 Å². The largest absolute Gasteiger partial charge is 0.484 e. The molecule has 0 aliphatic carbocycles. The molecule has 4 rings (SSSR count). The zero-order valence-electron chi connectivity index (χ0n) is 24.2. The number of anilines is 1. The van der Waals surface area contributed by atoms with Gasteiger partial charge in [0, 0.05) is 24.3 Å². The summed E-state index contributed by atoms with van der Waals surface area (Å²) in [5.74, 6) is -1.92. The summed E-state index contributed by atoms with van der Waals surface area (Å²) in [5, 5.41) is 8.29. The quantitative estimate of drug-likeness (QED) is 0.169. The number of hydrogen-bond donors (Lipinski definition) is 2. The second-order valence-corrected chi connectivity index (χ2v) is 10.5. The van der Waals surface area contributed by atoms with Crippen LogP contribution in [-0.2, 0) is 19.2 Å². The molecule has 1 unspecified atom stereocenters. The van der Waals surface area contributed by atoms with E-state index >= 15 is 0 Å². The van der Waals surface area contributed by atoms with Crippen LogP contribution in [0.4, 0.5) is 9.93 Å². The number of nitrogens with zero attached hydrogens (tertiary/aromatic N) is 3. The number of benzene rings is 2. The van der Waals surface area contributed by atoms with Crippen LogP contribution in [0.2, 0.25) is 0 Å². The zero-order valence-corrected chi connectivity index (χ0v) is 25.1. The maximum absolute atomic E-state index is 13.7. The van der Waals surface area contributed by atoms with Gasteiger partial charge in [-0.05, 0) is 30.2 Å². The van der Waals surface area contributed by atoms with Crippen LogP contribution in [0.25, 0.3) is 0 Å². The number of hydrogen-bond acceptors (Lipinski definition) is 9. The first-order valence-electron chi connectivity index (χ1n) is 13.7. The fourth-order valence-electron chi connectivity index (χ4n) is 4.69. The Morgan fingerprint density at radius 1 is 1.09 bits per heavy atom. The normalized spacial score (nSPS) is 15.9. The number of Topliss-reactive ketones (excluding diaryl/α,β-unsaturated/α-hetero) is 1. The van der Waals surface area contributed by atoms with Gasteiger partial charge in [0.15, 0.2) is 17.5 Å². The van der Waals surface area contributed by atoms with Gasteiger partial charge in [0.1, 0.15) is 23.5 Å². The highest BCUT2D eigenvalue weighted by atomic mass is 32.1. The van der Waals surface area contributed by atoms with E-state index in [-0.39, 0.29) is 35.5 Å². The van der Waals surface area contributed by atoms with Crippen molar-refractivity contribution in [2.24, 2.45) is 0 Å². The number of ether oxygens (including phenoxy) is 1. The lowest BCUT2D eigenvalue weighted by molar-refractivity contribution is -0.176. The first-order valence-corrected chi connectivity index (χ1v) is 14.6. The van der Waals surface area contributed by atoms with Crippen LogP contribution in [-0.4, -0.2) is 70.8 Å². The van der Waals surface area contributed by atoms with Gasteiger partial charge >= 0.3 is 6.03 Å². The molecule has 1 fully saturated rings. The number of imide groups is 1. The van der Waals surface area contributed by atoms with Gasteiger partial charge in [-0.25, -0.2) is 19.7 Å². The number of rotatable bonds is 13. The van der Waals surface area contributed by atoms with Crippen molar-refractivity contribution in [1.82, 2.24) is 20.3 Å². The summed E-state index contributed by atoms with van der Waals surface area (Å²) in [7, 11) is 1.39. The van der Waals surface area contributed by atoms with Crippen LogP contribution >= 0.6 is 11.3 Å². The number of thiazole rings is 1. The predicted octanol–water partition coefficient (Wildman–Crippen LogP) is 3.93. The topological polar surface area (TPSA) is 147 Å². The molecule has 1 aliphatic rings. The molecule has 3 aromatic rings. The molecule has 5 amide bonds. The molecule has 0 spiro atoms. The van der Waals surface area contributed by atoms with Gasteiger partial charge in [-0.15, -0.1) is 11.3 Å². The third kappa shape index (κ3) is 7.07. The van der Waals surface area contributed by atoms with E-state index in [0.29, 0.717) is 17.9 Å². The summed E-state index contributed by atoms with van der Waals surface area (Å²) < 4.78 is 5.54. The molecule has 2 heterocycles. The van der Waals surface area contributed by atoms with Crippen molar-refractivity contribution >= 4 is 46.0 Å². The number of ketones is 1. The van der Waals surface area contributed by atoms with Gasteiger partial charge in [-0.3, -0.25) is 24.0 Å². The molecule has 2 aromatic carbocycles. The van der Waals surface area contributed by atoms with Crippen molar-refractivity contribution in [3.63, 3.8) is 0 Å². The smallest absolute Gasteiger partial charge is 0.325 e. The Morgan fingerprint density at radius 3 is 2.42 bits per heavy atom. The fraction of sp³-hybridized carbons (Fsp3) is 0.333. The lowest BCUT2D eigenvalue weighted by Crippen LogP contribution is -2.50. The van der Waals surface area contributed by atoms with E-state index in [9.17, 15) is 24.0 Å². The lowest BCUT2D eigenvalue weighted by Gasteiger charge is -2.29. The summed E-state index contributed by atoms with van der Waals surface area (Å²) in [6.45, 7) is 5.37. The molecule has 43 heavy (non-hydrogen) atoms. The maximum atomic E-state index is 13.7. The first kappa shape index (κ1) is 31.3. The Kier molecular flexibility index (Phi) is 10.2. The van der Waals surface area contributed by atoms with E-state index in [4.69, 9.17) is 9.57 Å². The van der Waals surface area contributed by atoms with Crippen molar-refractivity contribution in [1.29, 1.82) is 0 Å². The van der Waals surface area contributed by atoms with E-state index in [1.54, 1.807) is 50.4 Å². The molecular weight excluding hydrogens is 574 g/mol. The molecule has 0 bridgehead atoms. The van der Waals surface area contributed by atoms with Crippen LogP contribution in [0.15, 0.2) is 60.0 Å². The third-order valence-electron chi connectivity index (χ3n) is 7.02. The Balaban J connectivity index is 1.55. The number of aromatic nitrogens is 1. The second-order valence-electron chi connectivity index (χ2n) is 9.67. The van der Waals surface area contributed by atoms with E-state index < -0.39 is 35.8 Å². The molecule has 12 nitrogen and oxygen atoms in total. The van der Waals surface area contributed by atoms with Crippen molar-refractivity contribution in [3.05, 3.63) is 76.8 Å². The minimum atomic E-state index is -1.22. The van der Waals surface area contributed by atoms with Crippen molar-refractivity contribution in [2.75, 3.05) is 25.6 Å². The van der Waals surface area contributed by atoms with Crippen LogP contribution in [0.5, 0.6) is 5.75 Å². The number of hydroxylamine groups is 2. The molecule has 13 heteroatoms. The third-order valence-corrected chi connectivity index (χ3v) is 7.78. The Bertz CT molecular complexity index is 1470. The molecule has 1 aliphatic heterocycles. The van der Waals surface area contributed by atoms with Gasteiger partial charge in [-0.2, -0.15) is 0 Å². The lowest BCUT2D eigenvalue weighted by atomic mass is 9.91. The predicted molar refractivity (Wildman–Crippen MR) is 158 cm³/mol. The monoisotopic (exact) mass is 607 g/mol. The molecule has 2 N–H and O–H groups in total. The Hall–Kier alpha value is -4.62. The number of carbonyl (C=O) groups excluding carboxylic acids is 5. The second kappa shape index (κ2) is 14.0. The average Bonchev–Trinajstić information content (AvgIpc) is 3.61. The van der Waals surface area contributed by atoms with Crippen LogP contribution in [0, 0.1) is 0 Å². The van der Waals surface area contributed by atoms with Gasteiger partial charge in [0.2, 0.25) is 5.91 Å². The number of urea groups is 1. The number of likely N-dealkylation sites (N-methyl/N-ethyl adjacent to an activating group) is 1. The highest BCUT2D eigenvalue weighted by Gasteiger charge is 2.47. The van der Waals surface area contributed by atoms with E-state index in [0.717, 1.165) is 26.9 Å². The average molecular weight is 608 g/mol. The highest BCUT2D eigenvalue weighted by Crippen LogP contribution is 2.32. The summed E-state index contributed by atoms with van der Waals surface area (Å²) >= 11 is 1.09. The van der Waals surface area contributed by atoms with Crippen molar-refractivity contribution in [3.8, 4) is 5.75 Å². The van der Waals surface area contributed by atoms with Crippen molar-refractivity contribution in [2.45, 2.75) is 45.2 Å². The number of carbonyl (C=O) groups is 5. The molecule has 1 aromatic heterocycles. The van der Waals surface area contributed by atoms with Crippen LogP contribution in [0.1, 0.15) is 60.8 Å². The van der Waals surface area contributed by atoms with Gasteiger partial charge in [0.25, 0.3) is 11.8 Å². The molecule has 3 atom stereocenters. The van der Waals surface area contributed by atoms with Crippen LogP contribution < -0.4 is 15.4 Å². The Morgan fingerprint density at radius 2 is 1.79 bits per heavy atom. The molecule has 226 valence electrons. The maximum Gasteiger partial charge on any atom is 0.325 e. The van der Waals surface area contributed by atoms with Crippen molar-refractivity contribution < 1.29 is 33.5 Å². The summed E-state index contributed by atoms with van der Waals surface area (Å²) in [6, 6.07) is 12.5. The standard InChI is InChI=1S/C30H33N5O7S/c1-5-23(36)22-17-43-29(31-22)33-27(38)26(18(3)19-10-8-7-9-11-19)35-28(39)25(32-30(35)40)20-12-14-21(15-13-20)42-16-24(37)34(6-2)41-4/h7-15,17-18,25-26H,5-6,16H2,1-4H3,(H,32,40)(H,31,33,38)/t18-,25?,26-/m0/s1. The number of amides is 5.